The molecule has 2 saturated heterocycles. The number of nitrogens with one attached hydrogen (secondary N) is 2. The molecule has 3 N–H and O–H groups in total. The first-order chi connectivity index (χ1) is 20.3. The topological polar surface area (TPSA) is 144 Å². The Kier molecular flexibility index (Phi) is 6.99. The smallest absolute Gasteiger partial charge is 0.407 e. The lowest BCUT2D eigenvalue weighted by Gasteiger charge is -2.41. The fourth-order valence-electron chi connectivity index (χ4n) is 8.18. The van der Waals surface area contributed by atoms with E-state index in [1.807, 2.05) is 0 Å². The Bertz CT molecular complexity index is 1380. The molecule has 10 unspecified atom stereocenters. The fraction of sp³-hybridized carbons (Fsp3) is 0.667. The quantitative estimate of drug-likeness (QED) is 0.479. The highest BCUT2D eigenvalue weighted by atomic mass is 19.1. The zero-order valence-corrected chi connectivity index (χ0v) is 24.5. The van der Waals surface area contributed by atoms with E-state index >= 15 is 4.39 Å². The highest BCUT2D eigenvalue weighted by Gasteiger charge is 2.65. The molecule has 3 heterocycles. The number of anilines is 1. The van der Waals surface area contributed by atoms with Gasteiger partial charge in [0, 0.05) is 19.0 Å². The minimum absolute atomic E-state index is 0.0236. The van der Waals surface area contributed by atoms with Gasteiger partial charge in [0.1, 0.15) is 35.9 Å². The van der Waals surface area contributed by atoms with E-state index in [0.717, 1.165) is 0 Å². The summed E-state index contributed by atoms with van der Waals surface area (Å²) in [5.41, 5.74) is -1.84. The van der Waals surface area contributed by atoms with Gasteiger partial charge in [0.25, 0.3) is 0 Å². The SMILES string of the molecule is COC(=O)NC(C(=O)N1CC2C3CC(F)C(C3)C2C1C(=O)N1CC2(CC1C#N)Oc1cc(F)ccc1NC2O)C(C)(C)C. The molecular formula is C30H37F2N5O6. The summed E-state index contributed by atoms with van der Waals surface area (Å²) in [6.07, 6.45) is -2.27. The van der Waals surface area contributed by atoms with Crippen molar-refractivity contribution in [3.63, 3.8) is 0 Å². The van der Waals surface area contributed by atoms with Crippen LogP contribution in [-0.4, -0.2) is 89.1 Å². The summed E-state index contributed by atoms with van der Waals surface area (Å²) in [7, 11) is 1.19. The summed E-state index contributed by atoms with van der Waals surface area (Å²) in [5, 5.41) is 26.7. The van der Waals surface area contributed by atoms with Crippen molar-refractivity contribution in [2.24, 2.45) is 29.1 Å². The monoisotopic (exact) mass is 601 g/mol. The van der Waals surface area contributed by atoms with Crippen molar-refractivity contribution < 1.29 is 37.7 Å². The first-order valence-corrected chi connectivity index (χ1v) is 14.7. The molecule has 232 valence electrons. The second-order valence-electron chi connectivity index (χ2n) is 13.7. The minimum Gasteiger partial charge on any atom is -0.478 e. The molecule has 1 aromatic rings. The Balaban J connectivity index is 1.34. The van der Waals surface area contributed by atoms with Crippen molar-refractivity contribution in [1.29, 1.82) is 5.26 Å². The molecule has 13 heteroatoms. The number of carbonyl (C=O) groups excluding carboxylic acids is 3. The van der Waals surface area contributed by atoms with Crippen molar-refractivity contribution >= 4 is 23.6 Å². The predicted octanol–water partition coefficient (Wildman–Crippen LogP) is 2.40. The van der Waals surface area contributed by atoms with E-state index in [1.165, 1.54) is 35.1 Å². The van der Waals surface area contributed by atoms with Gasteiger partial charge >= 0.3 is 6.09 Å². The number of alkyl carbamates (subject to hydrolysis) is 1. The van der Waals surface area contributed by atoms with Crippen LogP contribution in [0.1, 0.15) is 40.0 Å². The van der Waals surface area contributed by atoms with E-state index in [2.05, 4.69) is 16.7 Å². The maximum Gasteiger partial charge on any atom is 0.407 e. The Labute approximate surface area is 248 Å². The number of alkyl halides is 1. The van der Waals surface area contributed by atoms with Gasteiger partial charge in [-0.2, -0.15) is 5.26 Å². The Morgan fingerprint density at radius 1 is 1.26 bits per heavy atom. The number of benzene rings is 1. The summed E-state index contributed by atoms with van der Waals surface area (Å²) in [6, 6.07) is 2.82. The summed E-state index contributed by atoms with van der Waals surface area (Å²) in [6.45, 7) is 5.37. The third-order valence-corrected chi connectivity index (χ3v) is 10.2. The molecule has 1 spiro atoms. The largest absolute Gasteiger partial charge is 0.478 e. The zero-order chi connectivity index (χ0) is 31.0. The van der Waals surface area contributed by atoms with Gasteiger partial charge in [-0.1, -0.05) is 20.8 Å². The van der Waals surface area contributed by atoms with Crippen LogP contribution in [0.25, 0.3) is 0 Å². The Morgan fingerprint density at radius 3 is 2.67 bits per heavy atom. The average molecular weight is 602 g/mol. The number of amides is 3. The number of aliphatic hydroxyl groups is 1. The number of halogens is 2. The number of nitrogens with zero attached hydrogens (tertiary/aromatic N) is 3. The van der Waals surface area contributed by atoms with Crippen molar-refractivity contribution in [2.45, 2.75) is 76.2 Å². The molecule has 10 atom stereocenters. The molecule has 3 amide bonds. The van der Waals surface area contributed by atoms with Crippen LogP contribution in [0.3, 0.4) is 0 Å². The number of carbonyl (C=O) groups is 3. The maximum atomic E-state index is 15.2. The molecule has 3 aliphatic heterocycles. The second-order valence-corrected chi connectivity index (χ2v) is 13.7. The van der Waals surface area contributed by atoms with E-state index in [9.17, 15) is 29.1 Å². The van der Waals surface area contributed by atoms with Gasteiger partial charge in [0.05, 0.1) is 25.4 Å². The van der Waals surface area contributed by atoms with Crippen LogP contribution in [0.2, 0.25) is 0 Å². The maximum absolute atomic E-state index is 15.2. The second kappa shape index (κ2) is 10.2. The Morgan fingerprint density at radius 2 is 2.00 bits per heavy atom. The van der Waals surface area contributed by atoms with E-state index < -0.39 is 77.1 Å². The molecule has 2 bridgehead atoms. The van der Waals surface area contributed by atoms with Gasteiger partial charge in [-0.05, 0) is 54.1 Å². The zero-order valence-electron chi connectivity index (χ0n) is 24.5. The molecule has 2 saturated carbocycles. The number of hydrogen-bond donors (Lipinski definition) is 3. The van der Waals surface area contributed by atoms with E-state index in [4.69, 9.17) is 9.47 Å². The highest BCUT2D eigenvalue weighted by Crippen LogP contribution is 2.59. The first-order valence-electron chi connectivity index (χ1n) is 14.7. The number of fused-ring (bicyclic) bond motifs is 6. The molecule has 5 aliphatic rings. The van der Waals surface area contributed by atoms with Crippen LogP contribution in [0.15, 0.2) is 18.2 Å². The van der Waals surface area contributed by atoms with Gasteiger partial charge in [-0.15, -0.1) is 0 Å². The van der Waals surface area contributed by atoms with E-state index in [0.29, 0.717) is 18.5 Å². The van der Waals surface area contributed by atoms with Crippen molar-refractivity contribution in [3.05, 3.63) is 24.0 Å². The van der Waals surface area contributed by atoms with E-state index in [1.54, 1.807) is 20.8 Å². The van der Waals surface area contributed by atoms with Crippen LogP contribution >= 0.6 is 0 Å². The molecule has 2 aliphatic carbocycles. The summed E-state index contributed by atoms with van der Waals surface area (Å²) in [5.74, 6) is -2.36. The summed E-state index contributed by atoms with van der Waals surface area (Å²) < 4.78 is 40.1. The van der Waals surface area contributed by atoms with Gasteiger partial charge < -0.3 is 35.0 Å². The molecule has 4 fully saturated rings. The van der Waals surface area contributed by atoms with Crippen LogP contribution in [-0.2, 0) is 14.3 Å². The average Bonchev–Trinajstić information content (AvgIpc) is 3.70. The number of nitriles is 1. The molecule has 6 rings (SSSR count). The third-order valence-electron chi connectivity index (χ3n) is 10.2. The van der Waals surface area contributed by atoms with Crippen molar-refractivity contribution in [3.8, 4) is 11.8 Å². The van der Waals surface area contributed by atoms with Crippen LogP contribution in [0, 0.1) is 46.2 Å². The number of aliphatic hydroxyl groups excluding tert-OH is 1. The lowest BCUT2D eigenvalue weighted by atomic mass is 9.77. The highest BCUT2D eigenvalue weighted by molar-refractivity contribution is 5.93. The third kappa shape index (κ3) is 4.65. The van der Waals surface area contributed by atoms with Gasteiger partial charge in [0.15, 0.2) is 11.8 Å². The standard InChI is InChI=1S/C30H37F2N5O6/c1-29(2,3)24(35-28(41)42-4)26(39)36-12-18-14-7-17(19(32)8-14)22(18)23(36)25(38)37-13-30(10-16(37)11-33)27(40)34-20-6-5-15(31)9-21(20)43-30/h5-6,9,14,16-19,22-24,27,34,40H,7-8,10,12-13H2,1-4H3,(H,35,41). The molecule has 0 radical (unpaired) electrons. The van der Waals surface area contributed by atoms with Crippen LogP contribution in [0.5, 0.6) is 5.75 Å². The number of hydrogen-bond acceptors (Lipinski definition) is 8. The molecule has 11 nitrogen and oxygen atoms in total. The van der Waals surface area contributed by atoms with Gasteiger partial charge in [-0.3, -0.25) is 9.59 Å². The number of ether oxygens (including phenoxy) is 2. The lowest BCUT2D eigenvalue weighted by molar-refractivity contribution is -0.149. The van der Waals surface area contributed by atoms with Crippen molar-refractivity contribution in [1.82, 2.24) is 15.1 Å². The number of rotatable bonds is 3. The first kappa shape index (κ1) is 29.4. The van der Waals surface area contributed by atoms with Crippen LogP contribution < -0.4 is 15.4 Å². The van der Waals surface area contributed by atoms with Crippen molar-refractivity contribution in [2.75, 3.05) is 25.5 Å². The van der Waals surface area contributed by atoms with Gasteiger partial charge in [-0.25, -0.2) is 13.6 Å². The molecule has 0 aromatic heterocycles. The van der Waals surface area contributed by atoms with E-state index in [-0.39, 0.29) is 37.1 Å². The normalized spacial score (nSPS) is 36.3. The van der Waals surface area contributed by atoms with Crippen LogP contribution in [0.4, 0.5) is 19.3 Å². The molecular weight excluding hydrogens is 564 g/mol. The molecule has 43 heavy (non-hydrogen) atoms. The number of methoxy groups -OCH3 is 1. The number of likely N-dealkylation sites (tertiary alicyclic amines) is 2. The predicted molar refractivity (Wildman–Crippen MR) is 147 cm³/mol. The minimum atomic E-state index is -1.46. The lowest BCUT2D eigenvalue weighted by Crippen LogP contribution is -2.60. The Hall–Kier alpha value is -3.66. The summed E-state index contributed by atoms with van der Waals surface area (Å²) in [4.78, 5) is 43.8. The molecule has 1 aromatic carbocycles. The van der Waals surface area contributed by atoms with Gasteiger partial charge in [0.2, 0.25) is 11.8 Å². The fourth-order valence-corrected chi connectivity index (χ4v) is 8.18. The summed E-state index contributed by atoms with van der Waals surface area (Å²) >= 11 is 0.